The van der Waals surface area contributed by atoms with Crippen molar-refractivity contribution in [1.82, 2.24) is 45.1 Å². The molecule has 0 aliphatic rings. The molecular weight excluding hydrogens is 306 g/mol. The standard InChI is InChI=1S/C15H23N9/c1-10(14-16-7-19-21-14)4-5-12(3)24-9-18-13(23-24)6-11(2)15-17-8-20-22-15/h7-12H,4-6H2,1-3H3,(H,16,19,21)(H,17,20,22). The Labute approximate surface area is 140 Å². The van der Waals surface area contributed by atoms with E-state index in [0.29, 0.717) is 5.92 Å². The summed E-state index contributed by atoms with van der Waals surface area (Å²) in [5.74, 6) is 3.09. The molecule has 9 heteroatoms. The number of H-pyrrole nitrogens is 2. The highest BCUT2D eigenvalue weighted by molar-refractivity contribution is 4.97. The van der Waals surface area contributed by atoms with Gasteiger partial charge >= 0.3 is 0 Å². The van der Waals surface area contributed by atoms with Crippen LogP contribution < -0.4 is 0 Å². The van der Waals surface area contributed by atoms with E-state index in [-0.39, 0.29) is 12.0 Å². The third kappa shape index (κ3) is 3.84. The van der Waals surface area contributed by atoms with Crippen molar-refractivity contribution in [3.05, 3.63) is 36.5 Å². The van der Waals surface area contributed by atoms with Gasteiger partial charge in [-0.15, -0.1) is 0 Å². The number of rotatable bonds is 8. The number of nitrogens with zero attached hydrogens (tertiary/aromatic N) is 7. The first-order valence-electron chi connectivity index (χ1n) is 8.24. The first-order valence-corrected chi connectivity index (χ1v) is 8.24. The molecule has 3 heterocycles. The third-order valence-electron chi connectivity index (χ3n) is 4.29. The van der Waals surface area contributed by atoms with E-state index in [0.717, 1.165) is 36.7 Å². The van der Waals surface area contributed by atoms with E-state index < -0.39 is 0 Å². The molecule has 3 atom stereocenters. The molecule has 3 rings (SSSR count). The average Bonchev–Trinajstić information content (AvgIpc) is 3.33. The van der Waals surface area contributed by atoms with Crippen LogP contribution in [0.2, 0.25) is 0 Å². The minimum atomic E-state index is 0.212. The maximum absolute atomic E-state index is 4.61. The normalized spacial score (nSPS) is 15.3. The average molecular weight is 329 g/mol. The SMILES string of the molecule is CC(CCC(C)n1cnc(CC(C)c2ncn[nH]2)n1)c1nc[nH]n1. The van der Waals surface area contributed by atoms with Crippen molar-refractivity contribution >= 4 is 0 Å². The highest BCUT2D eigenvalue weighted by Crippen LogP contribution is 2.22. The zero-order valence-electron chi connectivity index (χ0n) is 14.2. The Morgan fingerprint density at radius 3 is 2.67 bits per heavy atom. The highest BCUT2D eigenvalue weighted by atomic mass is 15.3. The van der Waals surface area contributed by atoms with Crippen LogP contribution in [0.5, 0.6) is 0 Å². The summed E-state index contributed by atoms with van der Waals surface area (Å²) in [5.41, 5.74) is 0. The van der Waals surface area contributed by atoms with Crippen LogP contribution in [0.1, 0.15) is 69.0 Å². The quantitative estimate of drug-likeness (QED) is 0.653. The third-order valence-corrected chi connectivity index (χ3v) is 4.29. The molecule has 0 aliphatic carbocycles. The maximum atomic E-state index is 4.61. The minimum Gasteiger partial charge on any atom is -0.266 e. The van der Waals surface area contributed by atoms with Gasteiger partial charge in [0, 0.05) is 18.3 Å². The molecule has 0 saturated carbocycles. The second kappa shape index (κ2) is 7.33. The van der Waals surface area contributed by atoms with E-state index in [1.807, 2.05) is 11.0 Å². The summed E-state index contributed by atoms with van der Waals surface area (Å²) < 4.78 is 1.94. The summed E-state index contributed by atoms with van der Waals surface area (Å²) in [6.07, 6.45) is 7.69. The number of hydrogen-bond acceptors (Lipinski definition) is 6. The molecular formula is C15H23N9. The Morgan fingerprint density at radius 2 is 1.96 bits per heavy atom. The van der Waals surface area contributed by atoms with Crippen molar-refractivity contribution in [3.8, 4) is 0 Å². The van der Waals surface area contributed by atoms with E-state index in [9.17, 15) is 0 Å². The molecule has 0 aliphatic heterocycles. The van der Waals surface area contributed by atoms with Gasteiger partial charge in [-0.25, -0.2) is 19.6 Å². The molecule has 128 valence electrons. The van der Waals surface area contributed by atoms with Crippen LogP contribution in [0.15, 0.2) is 19.0 Å². The van der Waals surface area contributed by atoms with E-state index in [4.69, 9.17) is 0 Å². The molecule has 3 aromatic heterocycles. The van der Waals surface area contributed by atoms with Crippen LogP contribution in [-0.4, -0.2) is 45.1 Å². The van der Waals surface area contributed by atoms with Gasteiger partial charge in [0.25, 0.3) is 0 Å². The molecule has 0 fully saturated rings. The van der Waals surface area contributed by atoms with E-state index >= 15 is 0 Å². The van der Waals surface area contributed by atoms with Crippen LogP contribution in [0.4, 0.5) is 0 Å². The number of nitrogens with one attached hydrogen (secondary N) is 2. The summed E-state index contributed by atoms with van der Waals surface area (Å²) in [6.45, 7) is 6.38. The van der Waals surface area contributed by atoms with Crippen LogP contribution in [-0.2, 0) is 6.42 Å². The molecule has 0 amide bonds. The second-order valence-corrected chi connectivity index (χ2v) is 6.30. The van der Waals surface area contributed by atoms with Gasteiger partial charge < -0.3 is 0 Å². The predicted octanol–water partition coefficient (Wildman–Crippen LogP) is 2.01. The van der Waals surface area contributed by atoms with Gasteiger partial charge in [0.2, 0.25) is 0 Å². The van der Waals surface area contributed by atoms with E-state index in [1.165, 1.54) is 6.33 Å². The molecule has 0 radical (unpaired) electrons. The molecule has 0 aromatic carbocycles. The number of hydrogen-bond donors (Lipinski definition) is 2. The van der Waals surface area contributed by atoms with Gasteiger partial charge in [-0.2, -0.15) is 15.3 Å². The van der Waals surface area contributed by atoms with Crippen molar-refractivity contribution in [2.24, 2.45) is 0 Å². The second-order valence-electron chi connectivity index (χ2n) is 6.30. The predicted molar refractivity (Wildman–Crippen MR) is 87.3 cm³/mol. The molecule has 0 spiro atoms. The van der Waals surface area contributed by atoms with Crippen LogP contribution >= 0.6 is 0 Å². The summed E-state index contributed by atoms with van der Waals surface area (Å²) in [7, 11) is 0. The number of aromatic nitrogens is 9. The summed E-state index contributed by atoms with van der Waals surface area (Å²) >= 11 is 0. The molecule has 0 saturated heterocycles. The lowest BCUT2D eigenvalue weighted by atomic mass is 10.0. The van der Waals surface area contributed by atoms with Gasteiger partial charge in [0.05, 0.1) is 6.04 Å². The first kappa shape index (κ1) is 16.3. The van der Waals surface area contributed by atoms with Gasteiger partial charge in [0.15, 0.2) is 11.6 Å². The Morgan fingerprint density at radius 1 is 1.08 bits per heavy atom. The summed E-state index contributed by atoms with van der Waals surface area (Å²) in [6, 6.07) is 0.285. The number of aromatic amines is 2. The van der Waals surface area contributed by atoms with Crippen molar-refractivity contribution < 1.29 is 0 Å². The lowest BCUT2D eigenvalue weighted by Gasteiger charge is -2.13. The minimum absolute atomic E-state index is 0.212. The van der Waals surface area contributed by atoms with Crippen LogP contribution in [0.3, 0.4) is 0 Å². The fourth-order valence-corrected chi connectivity index (χ4v) is 2.65. The van der Waals surface area contributed by atoms with Crippen molar-refractivity contribution in [2.75, 3.05) is 0 Å². The largest absolute Gasteiger partial charge is 0.266 e. The molecule has 2 N–H and O–H groups in total. The molecule has 3 unspecified atom stereocenters. The monoisotopic (exact) mass is 329 g/mol. The molecule has 3 aromatic rings. The maximum Gasteiger partial charge on any atom is 0.153 e. The van der Waals surface area contributed by atoms with Gasteiger partial charge in [-0.3, -0.25) is 10.2 Å². The summed E-state index contributed by atoms with van der Waals surface area (Å²) in [5, 5.41) is 18.3. The van der Waals surface area contributed by atoms with E-state index in [2.05, 4.69) is 61.2 Å². The van der Waals surface area contributed by atoms with Crippen molar-refractivity contribution in [1.29, 1.82) is 0 Å². The Hall–Kier alpha value is -2.58. The molecule has 9 nitrogen and oxygen atoms in total. The topological polar surface area (TPSA) is 114 Å². The van der Waals surface area contributed by atoms with Crippen LogP contribution in [0.25, 0.3) is 0 Å². The van der Waals surface area contributed by atoms with Gasteiger partial charge in [-0.1, -0.05) is 13.8 Å². The zero-order chi connectivity index (χ0) is 16.9. The van der Waals surface area contributed by atoms with E-state index in [1.54, 1.807) is 6.33 Å². The zero-order valence-corrected chi connectivity index (χ0v) is 14.2. The molecule has 0 bridgehead atoms. The Balaban J connectivity index is 1.52. The summed E-state index contributed by atoms with van der Waals surface area (Å²) in [4.78, 5) is 12.8. The highest BCUT2D eigenvalue weighted by Gasteiger charge is 2.16. The molecule has 24 heavy (non-hydrogen) atoms. The first-order chi connectivity index (χ1) is 11.6. The van der Waals surface area contributed by atoms with Crippen LogP contribution in [0, 0.1) is 0 Å². The van der Waals surface area contributed by atoms with Crippen molar-refractivity contribution in [3.63, 3.8) is 0 Å². The fraction of sp³-hybridized carbons (Fsp3) is 0.600. The smallest absolute Gasteiger partial charge is 0.153 e. The van der Waals surface area contributed by atoms with Crippen molar-refractivity contribution in [2.45, 2.75) is 57.9 Å². The Bertz CT molecular complexity index is 716. The van der Waals surface area contributed by atoms with Gasteiger partial charge in [-0.05, 0) is 19.8 Å². The fourth-order valence-electron chi connectivity index (χ4n) is 2.65. The lowest BCUT2D eigenvalue weighted by molar-refractivity contribution is 0.422. The lowest BCUT2D eigenvalue weighted by Crippen LogP contribution is -2.09. The Kier molecular flexibility index (Phi) is 4.97. The van der Waals surface area contributed by atoms with Gasteiger partial charge in [0.1, 0.15) is 24.8 Å².